The summed E-state index contributed by atoms with van der Waals surface area (Å²) in [5.41, 5.74) is 1.57. The van der Waals surface area contributed by atoms with Crippen LogP contribution in [0.1, 0.15) is 38.2 Å². The summed E-state index contributed by atoms with van der Waals surface area (Å²) in [7, 11) is 0. The molecule has 1 atom stereocenters. The number of Topliss-reactive ketones (excluding diaryl/α,β-unsaturated/α-hetero) is 2. The molecule has 0 saturated carbocycles. The van der Waals surface area contributed by atoms with Crippen LogP contribution in [0.25, 0.3) is 0 Å². The van der Waals surface area contributed by atoms with Gasteiger partial charge in [0.05, 0.1) is 5.57 Å². The van der Waals surface area contributed by atoms with E-state index < -0.39 is 11.7 Å². The van der Waals surface area contributed by atoms with Crippen LogP contribution in [-0.4, -0.2) is 17.5 Å². The van der Waals surface area contributed by atoms with E-state index in [1.54, 1.807) is 53.4 Å². The first kappa shape index (κ1) is 18.6. The van der Waals surface area contributed by atoms with Crippen molar-refractivity contribution in [3.8, 4) is 0 Å². The van der Waals surface area contributed by atoms with E-state index in [-0.39, 0.29) is 22.7 Å². The minimum atomic E-state index is -1.01. The highest BCUT2D eigenvalue weighted by atomic mass is 35.5. The number of carbonyl (C=O) groups is 3. The Kier molecular flexibility index (Phi) is 4.47. The van der Waals surface area contributed by atoms with Gasteiger partial charge in [0.15, 0.2) is 11.6 Å². The highest BCUT2D eigenvalue weighted by Crippen LogP contribution is 2.45. The number of rotatable bonds is 2. The van der Waals surface area contributed by atoms with Crippen LogP contribution in [0.3, 0.4) is 0 Å². The third-order valence-electron chi connectivity index (χ3n) is 5.32. The van der Waals surface area contributed by atoms with Crippen LogP contribution in [-0.2, 0) is 14.4 Å². The fraction of sp³-hybridized carbons (Fsp3) is 0.261. The number of hydrogen-bond acceptors (Lipinski definition) is 3. The maximum absolute atomic E-state index is 13.5. The van der Waals surface area contributed by atoms with Gasteiger partial charge in [-0.15, -0.1) is 0 Å². The molecule has 28 heavy (non-hydrogen) atoms. The predicted molar refractivity (Wildman–Crippen MR) is 108 cm³/mol. The Morgan fingerprint density at radius 1 is 0.929 bits per heavy atom. The lowest BCUT2D eigenvalue weighted by molar-refractivity contribution is -0.130. The monoisotopic (exact) mass is 393 g/mol. The first-order valence-electron chi connectivity index (χ1n) is 9.23. The number of halogens is 1. The normalized spacial score (nSPS) is 21.8. The van der Waals surface area contributed by atoms with Gasteiger partial charge < -0.3 is 0 Å². The zero-order chi connectivity index (χ0) is 20.1. The van der Waals surface area contributed by atoms with Gasteiger partial charge in [0, 0.05) is 22.8 Å². The van der Waals surface area contributed by atoms with Crippen molar-refractivity contribution in [3.63, 3.8) is 0 Å². The molecule has 4 nitrogen and oxygen atoms in total. The molecular weight excluding hydrogens is 374 g/mol. The molecule has 0 radical (unpaired) electrons. The van der Waals surface area contributed by atoms with Crippen molar-refractivity contribution >= 4 is 34.8 Å². The summed E-state index contributed by atoms with van der Waals surface area (Å²) in [5.74, 6) is -1.93. The lowest BCUT2D eigenvalue weighted by Crippen LogP contribution is -2.48. The highest BCUT2D eigenvalue weighted by molar-refractivity contribution is 6.33. The van der Waals surface area contributed by atoms with Gasteiger partial charge in [-0.05, 0) is 41.7 Å². The van der Waals surface area contributed by atoms with Crippen molar-refractivity contribution in [2.24, 2.45) is 5.41 Å². The van der Waals surface area contributed by atoms with Crippen LogP contribution in [0, 0.1) is 5.41 Å². The summed E-state index contributed by atoms with van der Waals surface area (Å²) in [6, 6.07) is 15.8. The number of anilines is 1. The molecule has 1 heterocycles. The van der Waals surface area contributed by atoms with Gasteiger partial charge in [-0.3, -0.25) is 19.3 Å². The van der Waals surface area contributed by atoms with E-state index in [1.165, 1.54) is 0 Å². The molecule has 142 valence electrons. The Morgan fingerprint density at radius 3 is 2.21 bits per heavy atom. The maximum atomic E-state index is 13.5. The standard InChI is InChI=1S/C23H20ClNO3/c1-23(2)12-17-20(18(26)13-23)21(27)19(14-6-4-3-5-7-14)22(28)25(17)16-10-8-15(24)9-11-16/h3-11,19H,12-13H2,1-2H3. The number of ketones is 2. The Balaban J connectivity index is 1.93. The second-order valence-electron chi connectivity index (χ2n) is 8.12. The van der Waals surface area contributed by atoms with E-state index in [4.69, 9.17) is 11.6 Å². The fourth-order valence-electron chi connectivity index (χ4n) is 4.09. The van der Waals surface area contributed by atoms with Gasteiger partial charge in [-0.25, -0.2) is 0 Å². The molecule has 0 saturated heterocycles. The lowest BCUT2D eigenvalue weighted by Gasteiger charge is -2.41. The number of nitrogens with zero attached hydrogens (tertiary/aromatic N) is 1. The molecule has 4 rings (SSSR count). The topological polar surface area (TPSA) is 54.5 Å². The van der Waals surface area contributed by atoms with Crippen LogP contribution in [0.4, 0.5) is 5.69 Å². The predicted octanol–water partition coefficient (Wildman–Crippen LogP) is 4.68. The molecule has 2 aromatic rings. The maximum Gasteiger partial charge on any atom is 0.246 e. The molecule has 2 aliphatic rings. The second kappa shape index (κ2) is 6.71. The minimum Gasteiger partial charge on any atom is -0.294 e. The van der Waals surface area contributed by atoms with Gasteiger partial charge in [0.25, 0.3) is 0 Å². The molecule has 0 fully saturated rings. The first-order valence-corrected chi connectivity index (χ1v) is 9.61. The Labute approximate surface area is 168 Å². The number of benzene rings is 2. The quantitative estimate of drug-likeness (QED) is 0.549. The molecule has 1 aliphatic carbocycles. The van der Waals surface area contributed by atoms with Crippen molar-refractivity contribution in [1.82, 2.24) is 0 Å². The number of amides is 1. The van der Waals surface area contributed by atoms with Crippen molar-refractivity contribution in [1.29, 1.82) is 0 Å². The molecule has 0 spiro atoms. The van der Waals surface area contributed by atoms with Crippen molar-refractivity contribution in [2.75, 3.05) is 4.90 Å². The summed E-state index contributed by atoms with van der Waals surface area (Å²) in [5, 5.41) is 0.554. The zero-order valence-corrected chi connectivity index (χ0v) is 16.5. The average molecular weight is 394 g/mol. The van der Waals surface area contributed by atoms with E-state index in [9.17, 15) is 14.4 Å². The first-order chi connectivity index (χ1) is 13.3. The molecule has 0 bridgehead atoms. The molecule has 1 aliphatic heterocycles. The average Bonchev–Trinajstić information content (AvgIpc) is 2.62. The van der Waals surface area contributed by atoms with Gasteiger partial charge in [-0.2, -0.15) is 0 Å². The van der Waals surface area contributed by atoms with Gasteiger partial charge in [-0.1, -0.05) is 55.8 Å². The molecule has 5 heteroatoms. The molecule has 0 N–H and O–H groups in total. The van der Waals surface area contributed by atoms with Gasteiger partial charge in [0.2, 0.25) is 5.91 Å². The Morgan fingerprint density at radius 2 is 1.57 bits per heavy atom. The largest absolute Gasteiger partial charge is 0.294 e. The molecule has 0 aromatic heterocycles. The summed E-state index contributed by atoms with van der Waals surface area (Å²) in [4.78, 5) is 41.3. The summed E-state index contributed by atoms with van der Waals surface area (Å²) in [6.45, 7) is 3.96. The summed E-state index contributed by atoms with van der Waals surface area (Å²) >= 11 is 6.02. The second-order valence-corrected chi connectivity index (χ2v) is 8.56. The van der Waals surface area contributed by atoms with E-state index in [1.807, 2.05) is 19.9 Å². The Bertz CT molecular complexity index is 1010. The van der Waals surface area contributed by atoms with Crippen LogP contribution < -0.4 is 4.90 Å². The fourth-order valence-corrected chi connectivity index (χ4v) is 4.22. The summed E-state index contributed by atoms with van der Waals surface area (Å²) in [6.07, 6.45) is 0.775. The Hall–Kier alpha value is -2.72. The van der Waals surface area contributed by atoms with E-state index >= 15 is 0 Å². The van der Waals surface area contributed by atoms with Crippen LogP contribution in [0.15, 0.2) is 65.9 Å². The molecule has 2 aromatic carbocycles. The van der Waals surface area contributed by atoms with Crippen LogP contribution in [0.2, 0.25) is 5.02 Å². The molecule has 1 amide bonds. The van der Waals surface area contributed by atoms with Gasteiger partial charge >= 0.3 is 0 Å². The zero-order valence-electron chi connectivity index (χ0n) is 15.7. The third-order valence-corrected chi connectivity index (χ3v) is 5.57. The van der Waals surface area contributed by atoms with Crippen molar-refractivity contribution in [3.05, 3.63) is 76.5 Å². The number of hydrogen-bond donors (Lipinski definition) is 0. The molecule has 1 unspecified atom stereocenters. The number of allylic oxidation sites excluding steroid dienone is 2. The smallest absolute Gasteiger partial charge is 0.246 e. The van der Waals surface area contributed by atoms with Gasteiger partial charge in [0.1, 0.15) is 5.92 Å². The van der Waals surface area contributed by atoms with Crippen LogP contribution >= 0.6 is 11.6 Å². The minimum absolute atomic E-state index is 0.169. The lowest BCUT2D eigenvalue weighted by atomic mass is 9.70. The van der Waals surface area contributed by atoms with Crippen LogP contribution in [0.5, 0.6) is 0 Å². The van der Waals surface area contributed by atoms with E-state index in [2.05, 4.69) is 0 Å². The van der Waals surface area contributed by atoms with E-state index in [0.29, 0.717) is 34.8 Å². The molecular formula is C23H20ClNO3. The highest BCUT2D eigenvalue weighted by Gasteiger charge is 2.48. The third kappa shape index (κ3) is 3.08. The SMILES string of the molecule is CC1(C)CC(=O)C2=C(C1)N(c1ccc(Cl)cc1)C(=O)C(c1ccccc1)C2=O. The van der Waals surface area contributed by atoms with E-state index in [0.717, 1.165) is 0 Å². The number of carbonyl (C=O) groups excluding carboxylic acids is 3. The summed E-state index contributed by atoms with van der Waals surface area (Å²) < 4.78 is 0. The van der Waals surface area contributed by atoms with Crippen molar-refractivity contribution in [2.45, 2.75) is 32.6 Å². The van der Waals surface area contributed by atoms with Crippen molar-refractivity contribution < 1.29 is 14.4 Å².